The van der Waals surface area contributed by atoms with Crippen LogP contribution in [0.5, 0.6) is 0 Å². The lowest BCUT2D eigenvalue weighted by molar-refractivity contribution is -0.114. The summed E-state index contributed by atoms with van der Waals surface area (Å²) >= 11 is 0. The second kappa shape index (κ2) is 9.61. The Bertz CT molecular complexity index is 1640. The van der Waals surface area contributed by atoms with E-state index < -0.39 is 10.0 Å². The van der Waals surface area contributed by atoms with Crippen LogP contribution in [0, 0.1) is 0 Å². The third-order valence-electron chi connectivity index (χ3n) is 6.01. The lowest BCUT2D eigenvalue weighted by Gasteiger charge is -2.12. The fourth-order valence-electron chi connectivity index (χ4n) is 4.03. The van der Waals surface area contributed by atoms with Gasteiger partial charge >= 0.3 is 0 Å². The molecule has 0 spiro atoms. The number of carbonyl (C=O) groups is 1. The van der Waals surface area contributed by atoms with Crippen LogP contribution in [0.3, 0.4) is 0 Å². The smallest absolute Gasteiger partial charge is 0.267 e. The van der Waals surface area contributed by atoms with E-state index in [0.29, 0.717) is 33.8 Å². The van der Waals surface area contributed by atoms with E-state index in [1.165, 1.54) is 23.4 Å². The molecular weight excluding hydrogens is 486 g/mol. The van der Waals surface area contributed by atoms with E-state index in [9.17, 15) is 13.2 Å². The number of rotatable bonds is 6. The highest BCUT2D eigenvalue weighted by Crippen LogP contribution is 2.30. The highest BCUT2D eigenvalue weighted by Gasteiger charge is 2.29. The molecule has 9 heteroatoms. The number of para-hydroxylation sites is 2. The van der Waals surface area contributed by atoms with Crippen molar-refractivity contribution in [1.29, 1.82) is 0 Å². The summed E-state index contributed by atoms with van der Waals surface area (Å²) < 4.78 is 28.5. The van der Waals surface area contributed by atoms with Crippen LogP contribution in [0.25, 0.3) is 23.0 Å². The van der Waals surface area contributed by atoms with E-state index in [-0.39, 0.29) is 10.8 Å². The van der Waals surface area contributed by atoms with Gasteiger partial charge in [0.1, 0.15) is 5.69 Å². The third kappa shape index (κ3) is 4.62. The lowest BCUT2D eigenvalue weighted by Crippen LogP contribution is -2.22. The predicted molar refractivity (Wildman–Crippen MR) is 145 cm³/mol. The van der Waals surface area contributed by atoms with Crippen molar-refractivity contribution in [3.05, 3.63) is 102 Å². The van der Waals surface area contributed by atoms with E-state index in [4.69, 9.17) is 5.10 Å². The van der Waals surface area contributed by atoms with Crippen LogP contribution in [0.4, 0.5) is 5.69 Å². The van der Waals surface area contributed by atoms with Gasteiger partial charge in [-0.15, -0.1) is 0 Å². The molecule has 1 aliphatic heterocycles. The van der Waals surface area contributed by atoms with Crippen LogP contribution in [-0.4, -0.2) is 48.2 Å². The molecule has 0 saturated heterocycles. The van der Waals surface area contributed by atoms with Gasteiger partial charge in [-0.05, 0) is 49.4 Å². The summed E-state index contributed by atoms with van der Waals surface area (Å²) in [7, 11) is -0.651. The quantitative estimate of drug-likeness (QED) is 0.354. The van der Waals surface area contributed by atoms with Crippen molar-refractivity contribution in [3.8, 4) is 16.9 Å². The van der Waals surface area contributed by atoms with E-state index in [2.05, 4.69) is 5.10 Å². The van der Waals surface area contributed by atoms with Gasteiger partial charge in [0.15, 0.2) is 0 Å². The first-order valence-corrected chi connectivity index (χ1v) is 13.0. The first kappa shape index (κ1) is 24.4. The fourth-order valence-corrected chi connectivity index (χ4v) is 4.98. The minimum atomic E-state index is -3.64. The van der Waals surface area contributed by atoms with Crippen LogP contribution < -0.4 is 5.01 Å². The zero-order chi connectivity index (χ0) is 26.2. The van der Waals surface area contributed by atoms with Gasteiger partial charge in [0, 0.05) is 31.4 Å². The van der Waals surface area contributed by atoms with Crippen molar-refractivity contribution in [1.82, 2.24) is 14.1 Å². The Hall–Kier alpha value is -4.34. The zero-order valence-electron chi connectivity index (χ0n) is 20.6. The topological polar surface area (TPSA) is 87.9 Å². The predicted octanol–water partition coefficient (Wildman–Crippen LogP) is 4.60. The van der Waals surface area contributed by atoms with Crippen molar-refractivity contribution < 1.29 is 13.2 Å². The molecule has 37 heavy (non-hydrogen) atoms. The van der Waals surface area contributed by atoms with Crippen LogP contribution in [0.1, 0.15) is 12.5 Å². The largest absolute Gasteiger partial charge is 0.280 e. The number of aromatic nitrogens is 2. The molecule has 0 fully saturated rings. The van der Waals surface area contributed by atoms with Gasteiger partial charge in [-0.25, -0.2) is 17.4 Å². The van der Waals surface area contributed by atoms with Crippen LogP contribution >= 0.6 is 0 Å². The van der Waals surface area contributed by atoms with Crippen molar-refractivity contribution in [2.75, 3.05) is 19.1 Å². The van der Waals surface area contributed by atoms with Gasteiger partial charge in [-0.3, -0.25) is 4.79 Å². The number of sulfonamides is 1. The molecule has 5 rings (SSSR count). The highest BCUT2D eigenvalue weighted by atomic mass is 32.2. The van der Waals surface area contributed by atoms with E-state index in [0.717, 1.165) is 5.69 Å². The van der Waals surface area contributed by atoms with Gasteiger partial charge in [-0.1, -0.05) is 48.5 Å². The van der Waals surface area contributed by atoms with Gasteiger partial charge < -0.3 is 0 Å². The van der Waals surface area contributed by atoms with E-state index >= 15 is 0 Å². The molecule has 8 nitrogen and oxygen atoms in total. The number of carbonyl (C=O) groups excluding carboxylic acids is 1. The molecule has 0 N–H and O–H groups in total. The van der Waals surface area contributed by atoms with Gasteiger partial charge in [0.2, 0.25) is 10.0 Å². The Morgan fingerprint density at radius 1 is 0.865 bits per heavy atom. The summed E-state index contributed by atoms with van der Waals surface area (Å²) in [6, 6.07) is 25.5. The van der Waals surface area contributed by atoms with Crippen LogP contribution in [-0.2, 0) is 14.8 Å². The van der Waals surface area contributed by atoms with Gasteiger partial charge in [0.25, 0.3) is 5.91 Å². The minimum absolute atomic E-state index is 0.160. The number of hydrazone groups is 1. The summed E-state index contributed by atoms with van der Waals surface area (Å²) in [4.78, 5) is 13.5. The van der Waals surface area contributed by atoms with Gasteiger partial charge in [-0.2, -0.15) is 15.2 Å². The maximum atomic E-state index is 13.3. The normalized spacial score (nSPS) is 15.0. The van der Waals surface area contributed by atoms with E-state index in [1.54, 1.807) is 35.9 Å². The third-order valence-corrected chi connectivity index (χ3v) is 7.82. The van der Waals surface area contributed by atoms with Crippen molar-refractivity contribution in [3.63, 3.8) is 0 Å². The molecule has 1 amide bonds. The summed E-state index contributed by atoms with van der Waals surface area (Å²) in [6.07, 6.45) is 3.59. The van der Waals surface area contributed by atoms with Gasteiger partial charge in [0.05, 0.1) is 27.6 Å². The highest BCUT2D eigenvalue weighted by molar-refractivity contribution is 7.89. The van der Waals surface area contributed by atoms with Crippen molar-refractivity contribution in [2.45, 2.75) is 11.8 Å². The maximum absolute atomic E-state index is 13.3. The molecule has 3 aromatic carbocycles. The molecule has 0 aliphatic carbocycles. The minimum Gasteiger partial charge on any atom is -0.267 e. The fraction of sp³-hybridized carbons (Fsp3) is 0.107. The number of hydrogen-bond acceptors (Lipinski definition) is 5. The lowest BCUT2D eigenvalue weighted by atomic mass is 10.0. The summed E-state index contributed by atoms with van der Waals surface area (Å²) in [6.45, 7) is 1.79. The second-order valence-corrected chi connectivity index (χ2v) is 10.9. The summed E-state index contributed by atoms with van der Waals surface area (Å²) in [5, 5.41) is 10.6. The molecule has 1 aromatic heterocycles. The Balaban J connectivity index is 1.64. The Morgan fingerprint density at radius 3 is 2.16 bits per heavy atom. The average Bonchev–Trinajstić information content (AvgIpc) is 3.46. The summed E-state index contributed by atoms with van der Waals surface area (Å²) in [5.41, 5.74) is 4.36. The maximum Gasteiger partial charge on any atom is 0.280 e. The molecule has 0 saturated carbocycles. The Morgan fingerprint density at radius 2 is 1.51 bits per heavy atom. The molecule has 4 aromatic rings. The number of benzene rings is 3. The molecule has 0 atom stereocenters. The van der Waals surface area contributed by atoms with Crippen LogP contribution in [0.2, 0.25) is 0 Å². The molecular formula is C28H25N5O3S. The Labute approximate surface area is 215 Å². The van der Waals surface area contributed by atoms with Crippen molar-refractivity contribution in [2.24, 2.45) is 5.10 Å². The number of anilines is 1. The molecule has 1 aliphatic rings. The average molecular weight is 512 g/mol. The second-order valence-electron chi connectivity index (χ2n) is 8.72. The monoisotopic (exact) mass is 511 g/mol. The Kier molecular flexibility index (Phi) is 6.32. The number of nitrogens with zero attached hydrogens (tertiary/aromatic N) is 5. The zero-order valence-corrected chi connectivity index (χ0v) is 21.4. The SMILES string of the molecule is CC1=NN(c2ccccc2)C(=O)C1=Cc1cn(-c2ccccc2)nc1-c1cccc(S(=O)(=O)N(C)C)c1. The standard InChI is InChI=1S/C28H25N5O3S/c1-20-26(28(34)33(29-20)24-14-8-5-9-15-24)18-22-19-32(23-12-6-4-7-13-23)30-27(22)21-11-10-16-25(17-21)37(35,36)31(2)3/h4-19H,1-3H3. The summed E-state index contributed by atoms with van der Waals surface area (Å²) in [5.74, 6) is -0.244. The van der Waals surface area contributed by atoms with Crippen molar-refractivity contribution >= 4 is 33.4 Å². The van der Waals surface area contributed by atoms with Crippen LogP contribution in [0.15, 0.2) is 107 Å². The molecule has 186 valence electrons. The van der Waals surface area contributed by atoms with E-state index in [1.807, 2.05) is 72.9 Å². The molecule has 0 radical (unpaired) electrons. The number of hydrogen-bond donors (Lipinski definition) is 0. The molecule has 0 unspecified atom stereocenters. The molecule has 2 heterocycles. The first-order valence-electron chi connectivity index (χ1n) is 11.6. The molecule has 0 bridgehead atoms. The first-order chi connectivity index (χ1) is 17.8. The number of amides is 1.